The molecule has 35 heavy (non-hydrogen) atoms. The van der Waals surface area contributed by atoms with Crippen LogP contribution < -0.4 is 4.74 Å². The number of imide groups is 1. The maximum Gasteiger partial charge on any atom is 0.269 e. The molecule has 8 nitrogen and oxygen atoms in total. The number of ether oxygens (including phenoxy) is 1. The van der Waals surface area contributed by atoms with Crippen molar-refractivity contribution in [2.24, 2.45) is 28.8 Å². The van der Waals surface area contributed by atoms with E-state index in [0.29, 0.717) is 11.3 Å². The van der Waals surface area contributed by atoms with Gasteiger partial charge in [0, 0.05) is 17.7 Å². The molecule has 2 fully saturated rings. The summed E-state index contributed by atoms with van der Waals surface area (Å²) >= 11 is 0. The molecule has 174 valence electrons. The largest absolute Gasteiger partial charge is 0.488 e. The maximum atomic E-state index is 13.0. The molecular weight excluding hydrogens is 446 g/mol. The van der Waals surface area contributed by atoms with Gasteiger partial charge in [-0.3, -0.25) is 19.7 Å². The molecule has 1 saturated carbocycles. The first-order valence-corrected chi connectivity index (χ1v) is 11.5. The van der Waals surface area contributed by atoms with E-state index in [9.17, 15) is 19.7 Å². The fraction of sp³-hybridized carbons (Fsp3) is 0.222. The van der Waals surface area contributed by atoms with E-state index in [4.69, 9.17) is 4.74 Å². The van der Waals surface area contributed by atoms with Crippen molar-refractivity contribution >= 4 is 34.5 Å². The van der Waals surface area contributed by atoms with Gasteiger partial charge in [-0.15, -0.1) is 0 Å². The molecule has 2 bridgehead atoms. The van der Waals surface area contributed by atoms with E-state index in [2.05, 4.69) is 17.3 Å². The first-order chi connectivity index (χ1) is 17.0. The van der Waals surface area contributed by atoms with Gasteiger partial charge in [-0.1, -0.05) is 42.5 Å². The van der Waals surface area contributed by atoms with E-state index >= 15 is 0 Å². The van der Waals surface area contributed by atoms with Crippen LogP contribution in [0.2, 0.25) is 0 Å². The minimum absolute atomic E-state index is 0.0145. The van der Waals surface area contributed by atoms with Gasteiger partial charge >= 0.3 is 0 Å². The lowest BCUT2D eigenvalue weighted by Gasteiger charge is -2.14. The zero-order chi connectivity index (χ0) is 24.1. The predicted molar refractivity (Wildman–Crippen MR) is 129 cm³/mol. The Bertz CT molecular complexity index is 1400. The second-order valence-electron chi connectivity index (χ2n) is 9.14. The number of fused-ring (bicyclic) bond motifs is 6. The Morgan fingerprint density at radius 3 is 2.34 bits per heavy atom. The number of benzene rings is 3. The summed E-state index contributed by atoms with van der Waals surface area (Å²) in [5.74, 6) is -0.296. The highest BCUT2D eigenvalue weighted by molar-refractivity contribution is 6.08. The minimum atomic E-state index is -0.445. The molecule has 6 rings (SSSR count). The van der Waals surface area contributed by atoms with Crippen molar-refractivity contribution in [2.75, 3.05) is 0 Å². The van der Waals surface area contributed by atoms with Crippen molar-refractivity contribution in [3.63, 3.8) is 0 Å². The lowest BCUT2D eigenvalue weighted by atomic mass is 9.85. The van der Waals surface area contributed by atoms with E-state index in [1.54, 1.807) is 12.1 Å². The summed E-state index contributed by atoms with van der Waals surface area (Å²) in [7, 11) is 0. The van der Waals surface area contributed by atoms with Gasteiger partial charge in [0.1, 0.15) is 12.4 Å². The lowest BCUT2D eigenvalue weighted by Crippen LogP contribution is -2.28. The highest BCUT2D eigenvalue weighted by Gasteiger charge is 2.59. The predicted octanol–water partition coefficient (Wildman–Crippen LogP) is 4.47. The third kappa shape index (κ3) is 3.49. The Balaban J connectivity index is 1.29. The van der Waals surface area contributed by atoms with Crippen LogP contribution in [0.5, 0.6) is 5.75 Å². The molecule has 0 unspecified atom stereocenters. The molecule has 1 aliphatic heterocycles. The molecule has 4 atom stereocenters. The van der Waals surface area contributed by atoms with Crippen LogP contribution in [0.4, 0.5) is 5.69 Å². The third-order valence-electron chi connectivity index (χ3n) is 7.22. The Morgan fingerprint density at radius 1 is 0.971 bits per heavy atom. The molecule has 0 N–H and O–H groups in total. The number of hydrogen-bond donors (Lipinski definition) is 0. The molecule has 1 saturated heterocycles. The number of carbonyl (C=O) groups excluding carboxylic acids is 2. The van der Waals surface area contributed by atoms with Gasteiger partial charge in [-0.25, -0.2) is 0 Å². The van der Waals surface area contributed by atoms with Crippen LogP contribution in [0.15, 0.2) is 77.9 Å². The summed E-state index contributed by atoms with van der Waals surface area (Å²) in [6.07, 6.45) is 6.51. The molecule has 0 spiro atoms. The molecule has 2 aliphatic carbocycles. The topological polar surface area (TPSA) is 102 Å². The highest BCUT2D eigenvalue weighted by atomic mass is 16.6. The number of carbonyl (C=O) groups is 2. The number of nitro groups is 1. The third-order valence-corrected chi connectivity index (χ3v) is 7.22. The summed E-state index contributed by atoms with van der Waals surface area (Å²) in [5.41, 5.74) is 1.44. The van der Waals surface area contributed by atoms with Gasteiger partial charge in [0.25, 0.3) is 17.5 Å². The van der Waals surface area contributed by atoms with E-state index in [-0.39, 0.29) is 47.8 Å². The SMILES string of the molecule is O=C1[C@@H]2[C@H](C(=O)N1N=Cc1c(OCc3ccc([N+](=O)[O-])cc3)ccc3ccccc13)[C@H]1C=C[C@H]2C1. The monoisotopic (exact) mass is 467 g/mol. The first-order valence-electron chi connectivity index (χ1n) is 11.5. The number of nitrogens with zero attached hydrogens (tertiary/aromatic N) is 3. The number of rotatable bonds is 6. The van der Waals surface area contributed by atoms with Crippen molar-refractivity contribution in [2.45, 2.75) is 13.0 Å². The van der Waals surface area contributed by atoms with Crippen molar-refractivity contribution in [3.05, 3.63) is 94.1 Å². The van der Waals surface area contributed by atoms with Crippen molar-refractivity contribution in [1.29, 1.82) is 0 Å². The van der Waals surface area contributed by atoms with Crippen LogP contribution in [0, 0.1) is 33.8 Å². The Labute approximate surface area is 200 Å². The van der Waals surface area contributed by atoms with E-state index in [1.807, 2.05) is 36.4 Å². The summed E-state index contributed by atoms with van der Waals surface area (Å²) in [5, 5.41) is 18.1. The molecule has 0 aromatic heterocycles. The number of allylic oxidation sites excluding steroid dienone is 2. The van der Waals surface area contributed by atoms with Crippen molar-refractivity contribution in [3.8, 4) is 5.75 Å². The van der Waals surface area contributed by atoms with Crippen LogP contribution in [0.25, 0.3) is 10.8 Å². The molecule has 1 heterocycles. The number of amides is 2. The van der Waals surface area contributed by atoms with Crippen molar-refractivity contribution in [1.82, 2.24) is 5.01 Å². The van der Waals surface area contributed by atoms with Crippen molar-refractivity contribution < 1.29 is 19.2 Å². The van der Waals surface area contributed by atoms with E-state index < -0.39 is 4.92 Å². The first kappa shape index (κ1) is 21.2. The summed E-state index contributed by atoms with van der Waals surface area (Å²) in [4.78, 5) is 36.5. The summed E-state index contributed by atoms with van der Waals surface area (Å²) < 4.78 is 6.06. The fourth-order valence-corrected chi connectivity index (χ4v) is 5.53. The molecular formula is C27H21N3O5. The summed E-state index contributed by atoms with van der Waals surface area (Å²) in [6, 6.07) is 17.6. The average Bonchev–Trinajstić information content (AvgIpc) is 3.56. The van der Waals surface area contributed by atoms with E-state index in [1.165, 1.54) is 18.3 Å². The molecule has 2 amide bonds. The smallest absolute Gasteiger partial charge is 0.269 e. The van der Waals surface area contributed by atoms with Gasteiger partial charge in [-0.2, -0.15) is 10.1 Å². The highest BCUT2D eigenvalue weighted by Crippen LogP contribution is 2.52. The molecule has 3 aliphatic rings. The molecule has 0 radical (unpaired) electrons. The van der Waals surface area contributed by atoms with Gasteiger partial charge in [-0.05, 0) is 52.8 Å². The molecule has 8 heteroatoms. The number of hydrogen-bond acceptors (Lipinski definition) is 6. The molecule has 3 aromatic rings. The van der Waals surface area contributed by atoms with Crippen LogP contribution >= 0.6 is 0 Å². The zero-order valence-electron chi connectivity index (χ0n) is 18.6. The minimum Gasteiger partial charge on any atom is -0.488 e. The normalized spacial score (nSPS) is 24.6. The van der Waals surface area contributed by atoms with Crippen LogP contribution in [-0.2, 0) is 16.2 Å². The van der Waals surface area contributed by atoms with Gasteiger partial charge < -0.3 is 4.74 Å². The molecule has 3 aromatic carbocycles. The zero-order valence-corrected chi connectivity index (χ0v) is 18.6. The fourth-order valence-electron chi connectivity index (χ4n) is 5.53. The number of non-ortho nitro benzene ring substituents is 1. The standard InChI is InChI=1S/C27H21N3O5/c31-26-24-18-7-8-19(13-18)25(24)27(32)29(26)28-14-22-21-4-2-1-3-17(21)9-12-23(22)35-15-16-5-10-20(11-6-16)30(33)34/h1-12,14,18-19,24-25H,13,15H2/t18-,19-,24-,25+/m0/s1. The van der Waals surface area contributed by atoms with Gasteiger partial charge in [0.2, 0.25) is 0 Å². The van der Waals surface area contributed by atoms with Gasteiger partial charge in [0.15, 0.2) is 0 Å². The Hall–Kier alpha value is -4.33. The maximum absolute atomic E-state index is 13.0. The number of nitro benzene ring substituents is 1. The summed E-state index contributed by atoms with van der Waals surface area (Å²) in [6.45, 7) is 0.192. The lowest BCUT2D eigenvalue weighted by molar-refractivity contribution is -0.384. The quantitative estimate of drug-likeness (QED) is 0.175. The second kappa shape index (κ2) is 8.16. The van der Waals surface area contributed by atoms with Crippen LogP contribution in [0.1, 0.15) is 17.5 Å². The van der Waals surface area contributed by atoms with Crippen LogP contribution in [-0.4, -0.2) is 28.0 Å². The van der Waals surface area contributed by atoms with Crippen LogP contribution in [0.3, 0.4) is 0 Å². The average molecular weight is 467 g/mol. The number of hydrazone groups is 1. The second-order valence-corrected chi connectivity index (χ2v) is 9.14. The van der Waals surface area contributed by atoms with Gasteiger partial charge in [0.05, 0.1) is 23.0 Å². The Morgan fingerprint density at radius 2 is 1.66 bits per heavy atom. The Kier molecular flexibility index (Phi) is 4.95. The van der Waals surface area contributed by atoms with E-state index in [0.717, 1.165) is 27.8 Å².